The van der Waals surface area contributed by atoms with Crippen molar-refractivity contribution in [2.45, 2.75) is 12.8 Å². The normalized spacial score (nSPS) is 10.8. The van der Waals surface area contributed by atoms with Crippen molar-refractivity contribution in [3.63, 3.8) is 0 Å². The third-order valence-corrected chi connectivity index (χ3v) is 2.32. The Balaban J connectivity index is 1.95. The summed E-state index contributed by atoms with van der Waals surface area (Å²) in [5.74, 6) is 0. The number of pyridine rings is 1. The minimum Gasteiger partial charge on any atom is -0.411 e. The van der Waals surface area contributed by atoms with Gasteiger partial charge in [-0.2, -0.15) is 5.10 Å². The Morgan fingerprint density at radius 3 is 2.76 bits per heavy atom. The topological polar surface area (TPSA) is 71.3 Å². The Morgan fingerprint density at radius 1 is 1.18 bits per heavy atom. The second-order valence-corrected chi connectivity index (χ2v) is 3.56. The molecule has 0 spiro atoms. The predicted molar refractivity (Wildman–Crippen MR) is 63.1 cm³/mol. The standard InChI is InChI=1S/C12H12N4O/c17-14-9-12-6-5-11(15-16-12)4-3-10-2-1-7-13-8-10/h1-2,5-9,17H,3-4H2. The van der Waals surface area contributed by atoms with Gasteiger partial charge in [0.2, 0.25) is 0 Å². The van der Waals surface area contributed by atoms with Gasteiger partial charge in [0.05, 0.1) is 11.9 Å². The molecule has 2 aromatic heterocycles. The van der Waals surface area contributed by atoms with Crippen LogP contribution in [0.25, 0.3) is 0 Å². The molecular formula is C12H12N4O. The Bertz CT molecular complexity index is 482. The SMILES string of the molecule is ON=Cc1ccc(CCc2cccnc2)nn1. The van der Waals surface area contributed by atoms with Crippen molar-refractivity contribution >= 4 is 6.21 Å². The predicted octanol–water partition coefficient (Wildman–Crippen LogP) is 1.46. The van der Waals surface area contributed by atoms with Gasteiger partial charge in [0.1, 0.15) is 5.69 Å². The number of nitrogens with zero attached hydrogens (tertiary/aromatic N) is 4. The van der Waals surface area contributed by atoms with E-state index in [1.165, 1.54) is 11.8 Å². The van der Waals surface area contributed by atoms with Gasteiger partial charge in [-0.05, 0) is 36.6 Å². The monoisotopic (exact) mass is 228 g/mol. The molecule has 1 N–H and O–H groups in total. The van der Waals surface area contributed by atoms with Crippen LogP contribution in [0.3, 0.4) is 0 Å². The number of rotatable bonds is 4. The first-order valence-electron chi connectivity index (χ1n) is 5.27. The molecule has 5 heteroatoms. The maximum Gasteiger partial charge on any atom is 0.107 e. The summed E-state index contributed by atoms with van der Waals surface area (Å²) in [5.41, 5.74) is 2.62. The maximum absolute atomic E-state index is 8.34. The first-order valence-corrected chi connectivity index (χ1v) is 5.27. The number of oxime groups is 1. The van der Waals surface area contributed by atoms with E-state index in [0.717, 1.165) is 18.5 Å². The van der Waals surface area contributed by atoms with Crippen LogP contribution in [-0.2, 0) is 12.8 Å². The van der Waals surface area contributed by atoms with Crippen molar-refractivity contribution in [2.75, 3.05) is 0 Å². The average Bonchev–Trinajstić information content (AvgIpc) is 2.40. The zero-order valence-corrected chi connectivity index (χ0v) is 9.19. The molecule has 5 nitrogen and oxygen atoms in total. The van der Waals surface area contributed by atoms with Crippen molar-refractivity contribution < 1.29 is 5.21 Å². The van der Waals surface area contributed by atoms with Crippen LogP contribution >= 0.6 is 0 Å². The van der Waals surface area contributed by atoms with Crippen LogP contribution in [0.15, 0.2) is 41.8 Å². The van der Waals surface area contributed by atoms with E-state index in [1.807, 2.05) is 24.4 Å². The second-order valence-electron chi connectivity index (χ2n) is 3.56. The lowest BCUT2D eigenvalue weighted by Gasteiger charge is -2.00. The van der Waals surface area contributed by atoms with Crippen molar-refractivity contribution in [1.82, 2.24) is 15.2 Å². The molecule has 2 heterocycles. The van der Waals surface area contributed by atoms with Crippen molar-refractivity contribution in [1.29, 1.82) is 0 Å². The average molecular weight is 228 g/mol. The second kappa shape index (κ2) is 5.69. The zero-order chi connectivity index (χ0) is 11.9. The van der Waals surface area contributed by atoms with E-state index >= 15 is 0 Å². The Kier molecular flexibility index (Phi) is 3.75. The van der Waals surface area contributed by atoms with Crippen LogP contribution in [0.4, 0.5) is 0 Å². The molecular weight excluding hydrogens is 216 g/mol. The number of aromatic nitrogens is 3. The number of aryl methyl sites for hydroxylation is 2. The highest BCUT2D eigenvalue weighted by Crippen LogP contribution is 2.03. The van der Waals surface area contributed by atoms with Gasteiger partial charge >= 0.3 is 0 Å². The minimum absolute atomic E-state index is 0.539. The molecule has 0 aliphatic carbocycles. The van der Waals surface area contributed by atoms with E-state index in [4.69, 9.17) is 5.21 Å². The lowest BCUT2D eigenvalue weighted by molar-refractivity contribution is 0.321. The summed E-state index contributed by atoms with van der Waals surface area (Å²) < 4.78 is 0. The highest BCUT2D eigenvalue weighted by Gasteiger charge is 1.98. The fourth-order valence-corrected chi connectivity index (χ4v) is 1.45. The highest BCUT2D eigenvalue weighted by atomic mass is 16.4. The van der Waals surface area contributed by atoms with E-state index < -0.39 is 0 Å². The highest BCUT2D eigenvalue weighted by molar-refractivity contribution is 5.75. The van der Waals surface area contributed by atoms with Crippen LogP contribution in [0.2, 0.25) is 0 Å². The molecule has 0 atom stereocenters. The zero-order valence-electron chi connectivity index (χ0n) is 9.19. The van der Waals surface area contributed by atoms with E-state index in [2.05, 4.69) is 20.3 Å². The summed E-state index contributed by atoms with van der Waals surface area (Å²) in [6, 6.07) is 7.60. The maximum atomic E-state index is 8.34. The summed E-state index contributed by atoms with van der Waals surface area (Å²) in [5, 5.41) is 19.2. The van der Waals surface area contributed by atoms with Gasteiger partial charge in [0.25, 0.3) is 0 Å². The molecule has 0 saturated heterocycles. The fraction of sp³-hybridized carbons (Fsp3) is 0.167. The van der Waals surface area contributed by atoms with Gasteiger partial charge < -0.3 is 5.21 Å². The van der Waals surface area contributed by atoms with Gasteiger partial charge in [-0.25, -0.2) is 0 Å². The van der Waals surface area contributed by atoms with E-state index in [1.54, 1.807) is 12.3 Å². The van der Waals surface area contributed by atoms with Crippen molar-refractivity contribution in [3.8, 4) is 0 Å². The summed E-state index contributed by atoms with van der Waals surface area (Å²) in [4.78, 5) is 4.05. The summed E-state index contributed by atoms with van der Waals surface area (Å²) in [7, 11) is 0. The molecule has 0 aromatic carbocycles. The largest absolute Gasteiger partial charge is 0.411 e. The third kappa shape index (κ3) is 3.34. The Morgan fingerprint density at radius 2 is 2.12 bits per heavy atom. The summed E-state index contributed by atoms with van der Waals surface area (Å²) in [6.07, 6.45) is 6.55. The molecule has 0 amide bonds. The molecule has 0 saturated carbocycles. The molecule has 0 aliphatic rings. The van der Waals surface area contributed by atoms with E-state index in [9.17, 15) is 0 Å². The first-order chi connectivity index (χ1) is 8.38. The molecule has 0 fully saturated rings. The molecule has 2 aromatic rings. The van der Waals surface area contributed by atoms with Crippen molar-refractivity contribution in [2.24, 2.45) is 5.16 Å². The molecule has 0 aliphatic heterocycles. The molecule has 0 bridgehead atoms. The molecule has 2 rings (SSSR count). The molecule has 0 radical (unpaired) electrons. The molecule has 17 heavy (non-hydrogen) atoms. The molecule has 86 valence electrons. The van der Waals surface area contributed by atoms with Crippen LogP contribution in [0.5, 0.6) is 0 Å². The van der Waals surface area contributed by atoms with Crippen LogP contribution < -0.4 is 0 Å². The number of hydrogen-bond donors (Lipinski definition) is 1. The fourth-order valence-electron chi connectivity index (χ4n) is 1.45. The quantitative estimate of drug-likeness (QED) is 0.488. The van der Waals surface area contributed by atoms with Crippen LogP contribution in [-0.4, -0.2) is 26.6 Å². The van der Waals surface area contributed by atoms with E-state index in [0.29, 0.717) is 5.69 Å². The van der Waals surface area contributed by atoms with Gasteiger partial charge in [-0.3, -0.25) is 4.98 Å². The first kappa shape index (κ1) is 11.2. The van der Waals surface area contributed by atoms with Crippen LogP contribution in [0, 0.1) is 0 Å². The third-order valence-electron chi connectivity index (χ3n) is 2.32. The Hall–Kier alpha value is -2.30. The minimum atomic E-state index is 0.539. The summed E-state index contributed by atoms with van der Waals surface area (Å²) >= 11 is 0. The van der Waals surface area contributed by atoms with Crippen molar-refractivity contribution in [3.05, 3.63) is 53.6 Å². The van der Waals surface area contributed by atoms with Gasteiger partial charge in [0, 0.05) is 12.4 Å². The smallest absolute Gasteiger partial charge is 0.107 e. The van der Waals surface area contributed by atoms with Gasteiger partial charge in [0.15, 0.2) is 0 Å². The van der Waals surface area contributed by atoms with Gasteiger partial charge in [-0.1, -0.05) is 11.2 Å². The molecule has 0 unspecified atom stereocenters. The van der Waals surface area contributed by atoms with Gasteiger partial charge in [-0.15, -0.1) is 5.10 Å². The van der Waals surface area contributed by atoms with E-state index in [-0.39, 0.29) is 0 Å². The number of hydrogen-bond acceptors (Lipinski definition) is 5. The lowest BCUT2D eigenvalue weighted by atomic mass is 10.1. The van der Waals surface area contributed by atoms with Crippen LogP contribution in [0.1, 0.15) is 17.0 Å². The summed E-state index contributed by atoms with van der Waals surface area (Å²) in [6.45, 7) is 0. The Labute approximate surface area is 98.9 Å². The lowest BCUT2D eigenvalue weighted by Crippen LogP contribution is -1.99.